The number of carbonyl (C=O) groups is 2. The number of pyridine rings is 1. The van der Waals surface area contributed by atoms with E-state index in [-0.39, 0.29) is 35.5 Å². The number of esters is 1. The summed E-state index contributed by atoms with van der Waals surface area (Å²) in [7, 11) is 2.79. The van der Waals surface area contributed by atoms with Crippen LogP contribution < -0.4 is 5.32 Å². The van der Waals surface area contributed by atoms with E-state index in [0.29, 0.717) is 32.4 Å². The van der Waals surface area contributed by atoms with Crippen LogP contribution in [0.4, 0.5) is 4.39 Å². The number of hydrogen-bond donors (Lipinski definition) is 2. The van der Waals surface area contributed by atoms with Gasteiger partial charge in [0.25, 0.3) is 5.91 Å². The highest BCUT2D eigenvalue weighted by Gasteiger charge is 2.30. The topological polar surface area (TPSA) is 113 Å². The van der Waals surface area contributed by atoms with Crippen LogP contribution in [0.1, 0.15) is 56.2 Å². The fourth-order valence-electron chi connectivity index (χ4n) is 4.77. The minimum absolute atomic E-state index is 0.00563. The molecule has 0 spiro atoms. The van der Waals surface area contributed by atoms with E-state index >= 15 is 0 Å². The van der Waals surface area contributed by atoms with Gasteiger partial charge in [0, 0.05) is 31.9 Å². The van der Waals surface area contributed by atoms with E-state index in [1.807, 2.05) is 6.07 Å². The molecule has 1 aliphatic rings. The smallest absolute Gasteiger partial charge is 0.339 e. The normalized spacial score (nSPS) is 13.9. The van der Waals surface area contributed by atoms with Gasteiger partial charge < -0.3 is 10.1 Å². The van der Waals surface area contributed by atoms with Crippen LogP contribution >= 0.6 is 27.5 Å². The number of hydrogen-bond acceptors (Lipinski definition) is 5. The van der Waals surface area contributed by atoms with E-state index in [9.17, 15) is 22.7 Å². The molecule has 9 nitrogen and oxygen atoms in total. The Hall–Kier alpha value is -3.16. The van der Waals surface area contributed by atoms with Crippen molar-refractivity contribution in [1.82, 2.24) is 19.2 Å². The molecule has 1 saturated carbocycles. The van der Waals surface area contributed by atoms with Crippen LogP contribution in [-0.2, 0) is 29.1 Å². The number of rotatable bonds is 9. The fourth-order valence-corrected chi connectivity index (χ4v) is 5.91. The number of benzene rings is 2. The first-order valence-electron chi connectivity index (χ1n) is 12.6. The van der Waals surface area contributed by atoms with Gasteiger partial charge in [0.2, 0.25) is 11.3 Å². The highest BCUT2D eigenvalue weighted by molar-refractivity contribution is 9.10. The van der Waals surface area contributed by atoms with Gasteiger partial charge in [-0.05, 0) is 93.8 Å². The summed E-state index contributed by atoms with van der Waals surface area (Å²) < 4.78 is 44.4. The Kier molecular flexibility index (Phi) is 8.57. The van der Waals surface area contributed by atoms with Gasteiger partial charge in [-0.3, -0.25) is 9.35 Å². The van der Waals surface area contributed by atoms with E-state index in [1.54, 1.807) is 35.0 Å². The monoisotopic (exact) mass is 662 g/mol. The number of ether oxygens (including phenoxy) is 1. The van der Waals surface area contributed by atoms with Crippen LogP contribution in [0.15, 0.2) is 53.1 Å². The summed E-state index contributed by atoms with van der Waals surface area (Å²) in [5.74, 6) is -1.10. The highest BCUT2D eigenvalue weighted by atomic mass is 79.9. The molecule has 2 N–H and O–H groups in total. The molecule has 5 rings (SSSR count). The maximum absolute atomic E-state index is 13.6. The lowest BCUT2D eigenvalue weighted by Gasteiger charge is -2.21. The molecule has 1 atom stereocenters. The molecule has 1 amide bonds. The van der Waals surface area contributed by atoms with Gasteiger partial charge in [0.05, 0.1) is 33.2 Å². The predicted octanol–water partition coefficient (Wildman–Crippen LogP) is 5.72. The zero-order valence-corrected chi connectivity index (χ0v) is 25.1. The molecule has 0 aliphatic heterocycles. The second-order valence-corrected chi connectivity index (χ2v) is 11.8. The third-order valence-corrected chi connectivity index (χ3v) is 8.98. The standard InChI is InChI=1S/C28H25BrClFN4O5S/c1-32-27(36)24-23-11-20(16-3-4-16)18(14-35(23)33-26(24)17-5-7-19(31)8-6-17)13-34(41(38)39)12-15-9-21(28(37)40-2)25(29)22(30)10-15/h5-11,14,16H,3-4,12-13H2,1-2H3,(H,32,36)(H,38,39). The number of amides is 1. The van der Waals surface area contributed by atoms with Crippen molar-refractivity contribution in [1.29, 1.82) is 0 Å². The summed E-state index contributed by atoms with van der Waals surface area (Å²) in [5.41, 5.74) is 4.35. The van der Waals surface area contributed by atoms with E-state index in [4.69, 9.17) is 16.3 Å². The average Bonchev–Trinajstić information content (AvgIpc) is 3.74. The Morgan fingerprint density at radius 2 is 1.95 bits per heavy atom. The molecule has 13 heteroatoms. The number of carbonyl (C=O) groups excluding carboxylic acids is 2. The largest absolute Gasteiger partial charge is 0.465 e. The minimum atomic E-state index is -2.38. The Morgan fingerprint density at radius 1 is 1.24 bits per heavy atom. The molecule has 41 heavy (non-hydrogen) atoms. The van der Waals surface area contributed by atoms with Gasteiger partial charge in [-0.15, -0.1) is 0 Å². The summed E-state index contributed by atoms with van der Waals surface area (Å²) in [6, 6.07) is 10.8. The summed E-state index contributed by atoms with van der Waals surface area (Å²) in [4.78, 5) is 25.2. The molecule has 1 aliphatic carbocycles. The molecule has 0 bridgehead atoms. The van der Waals surface area contributed by atoms with Crippen molar-refractivity contribution in [3.8, 4) is 11.3 Å². The van der Waals surface area contributed by atoms with Gasteiger partial charge in [0.15, 0.2) is 0 Å². The number of halogens is 3. The molecular weight excluding hydrogens is 639 g/mol. The molecular formula is C28H25BrClFN4O5S. The lowest BCUT2D eigenvalue weighted by Crippen LogP contribution is -2.26. The van der Waals surface area contributed by atoms with Crippen LogP contribution in [0.3, 0.4) is 0 Å². The van der Waals surface area contributed by atoms with Gasteiger partial charge >= 0.3 is 5.97 Å². The lowest BCUT2D eigenvalue weighted by atomic mass is 10.0. The first-order chi connectivity index (χ1) is 19.6. The first kappa shape index (κ1) is 29.3. The number of nitrogens with one attached hydrogen (secondary N) is 1. The molecule has 0 saturated heterocycles. The molecule has 2 aromatic carbocycles. The third kappa shape index (κ3) is 6.07. The van der Waals surface area contributed by atoms with Gasteiger partial charge in [-0.2, -0.15) is 9.40 Å². The van der Waals surface area contributed by atoms with Crippen LogP contribution in [0.2, 0.25) is 5.02 Å². The van der Waals surface area contributed by atoms with Crippen molar-refractivity contribution in [2.24, 2.45) is 0 Å². The Bertz CT molecular complexity index is 1690. The fraction of sp³-hybridized carbons (Fsp3) is 0.250. The van der Waals surface area contributed by atoms with Gasteiger partial charge in [-0.25, -0.2) is 17.9 Å². The molecule has 214 valence electrons. The maximum atomic E-state index is 13.6. The second kappa shape index (κ2) is 12.0. The van der Waals surface area contributed by atoms with Gasteiger partial charge in [0.1, 0.15) is 11.5 Å². The van der Waals surface area contributed by atoms with Crippen LogP contribution in [-0.4, -0.2) is 48.7 Å². The number of fused-ring (bicyclic) bond motifs is 1. The van der Waals surface area contributed by atoms with Crippen LogP contribution in [0.5, 0.6) is 0 Å². The summed E-state index contributed by atoms with van der Waals surface area (Å²) in [6.07, 6.45) is 3.66. The van der Waals surface area contributed by atoms with Crippen molar-refractivity contribution in [3.63, 3.8) is 0 Å². The maximum Gasteiger partial charge on any atom is 0.339 e. The zero-order valence-electron chi connectivity index (χ0n) is 22.0. The SMILES string of the molecule is CNC(=O)c1c(-c2ccc(F)cc2)nn2cc(CN(Cc3cc(Cl)c(Br)c(C(=O)OC)c3)S(=O)O)c(C3CC3)cc12. The third-order valence-electron chi connectivity index (χ3n) is 6.90. The summed E-state index contributed by atoms with van der Waals surface area (Å²) in [6.45, 7) is 0.0822. The molecule has 1 unspecified atom stereocenters. The van der Waals surface area contributed by atoms with E-state index in [1.165, 1.54) is 30.6 Å². The quantitative estimate of drug-likeness (QED) is 0.175. The zero-order chi connectivity index (χ0) is 29.4. The summed E-state index contributed by atoms with van der Waals surface area (Å²) >= 11 is 7.23. The molecule has 4 aromatic rings. The molecule has 1 fully saturated rings. The lowest BCUT2D eigenvalue weighted by molar-refractivity contribution is 0.0599. The first-order valence-corrected chi connectivity index (χ1v) is 14.8. The molecule has 2 aromatic heterocycles. The summed E-state index contributed by atoms with van der Waals surface area (Å²) in [5, 5.41) is 7.59. The Labute approximate surface area is 251 Å². The van der Waals surface area contributed by atoms with Crippen LogP contribution in [0.25, 0.3) is 16.8 Å². The highest BCUT2D eigenvalue weighted by Crippen LogP contribution is 2.43. The van der Waals surface area contributed by atoms with Crippen molar-refractivity contribution in [2.75, 3.05) is 14.2 Å². The number of methoxy groups -OCH3 is 1. The Balaban J connectivity index is 1.57. The number of nitrogens with zero attached hydrogens (tertiary/aromatic N) is 3. The van der Waals surface area contributed by atoms with E-state index in [2.05, 4.69) is 26.3 Å². The van der Waals surface area contributed by atoms with E-state index < -0.39 is 23.1 Å². The number of aromatic nitrogens is 2. The minimum Gasteiger partial charge on any atom is -0.465 e. The van der Waals surface area contributed by atoms with Crippen molar-refractivity contribution in [3.05, 3.63) is 91.8 Å². The Morgan fingerprint density at radius 3 is 2.56 bits per heavy atom. The molecule has 0 radical (unpaired) electrons. The average molecular weight is 664 g/mol. The van der Waals surface area contributed by atoms with Crippen molar-refractivity contribution in [2.45, 2.75) is 31.8 Å². The van der Waals surface area contributed by atoms with Crippen molar-refractivity contribution < 1.29 is 27.5 Å². The second-order valence-electron chi connectivity index (χ2n) is 9.63. The predicted molar refractivity (Wildman–Crippen MR) is 156 cm³/mol. The van der Waals surface area contributed by atoms with E-state index in [0.717, 1.165) is 24.0 Å². The van der Waals surface area contributed by atoms with Crippen LogP contribution in [0, 0.1) is 5.82 Å². The molecule has 2 heterocycles. The van der Waals surface area contributed by atoms with Crippen molar-refractivity contribution >= 4 is 56.2 Å². The van der Waals surface area contributed by atoms with Gasteiger partial charge in [-0.1, -0.05) is 11.6 Å².